The molecule has 0 aliphatic carbocycles. The van der Waals surface area contributed by atoms with Crippen molar-refractivity contribution in [3.63, 3.8) is 0 Å². The largest absolute Gasteiger partial charge is 0.0622 e. The van der Waals surface area contributed by atoms with Gasteiger partial charge in [0.1, 0.15) is 0 Å². The molecule has 0 radical (unpaired) electrons. The summed E-state index contributed by atoms with van der Waals surface area (Å²) in [4.78, 5) is 0. The lowest BCUT2D eigenvalue weighted by atomic mass is 9.83. The third-order valence-electron chi connectivity index (χ3n) is 11.6. The van der Waals surface area contributed by atoms with Crippen LogP contribution in [-0.4, -0.2) is 0 Å². The summed E-state index contributed by atoms with van der Waals surface area (Å²) in [6, 6.07) is 78.3. The second-order valence-corrected chi connectivity index (χ2v) is 15.5. The van der Waals surface area contributed by atoms with Crippen molar-refractivity contribution in [3.05, 3.63) is 218 Å². The van der Waals surface area contributed by atoms with Gasteiger partial charge in [-0.25, -0.2) is 0 Å². The topological polar surface area (TPSA) is 0 Å². The van der Waals surface area contributed by atoms with Crippen molar-refractivity contribution in [2.24, 2.45) is 0 Å². The van der Waals surface area contributed by atoms with Crippen molar-refractivity contribution in [3.8, 4) is 66.8 Å². The molecule has 10 aromatic carbocycles. The summed E-state index contributed by atoms with van der Waals surface area (Å²) in [7, 11) is 0. The van der Waals surface area contributed by atoms with Crippen molar-refractivity contribution in [2.45, 2.75) is 19.8 Å². The highest BCUT2D eigenvalue weighted by Gasteiger charge is 2.19. The van der Waals surface area contributed by atoms with Crippen LogP contribution < -0.4 is 0 Å². The molecular weight excluding hydrogens is 685 g/mol. The number of hydrogen-bond acceptors (Lipinski definition) is 0. The molecule has 0 aromatic heterocycles. The predicted molar refractivity (Wildman–Crippen MR) is 246 cm³/mol. The third kappa shape index (κ3) is 6.40. The van der Waals surface area contributed by atoms with E-state index in [2.05, 4.69) is 226 Å². The fraction of sp³-hybridized carbons (Fsp3) is 0.0526. The van der Waals surface area contributed by atoms with E-state index in [4.69, 9.17) is 0 Å². The van der Waals surface area contributed by atoms with Gasteiger partial charge in [0.15, 0.2) is 0 Å². The first kappa shape index (κ1) is 34.5. The molecule has 0 amide bonds. The first-order valence-corrected chi connectivity index (χ1v) is 20.0. The molecule has 10 rings (SSSR count). The zero-order valence-electron chi connectivity index (χ0n) is 32.3. The number of rotatable bonds is 7. The van der Waals surface area contributed by atoms with Crippen LogP contribution in [0.15, 0.2) is 212 Å². The van der Waals surface area contributed by atoms with Crippen molar-refractivity contribution >= 4 is 32.3 Å². The van der Waals surface area contributed by atoms with Crippen LogP contribution in [0.2, 0.25) is 0 Å². The average molecular weight is 727 g/mol. The second kappa shape index (κ2) is 14.6. The van der Waals surface area contributed by atoms with Crippen LogP contribution in [0.1, 0.15) is 25.3 Å². The number of benzene rings is 10. The highest BCUT2D eigenvalue weighted by Crippen LogP contribution is 2.46. The highest BCUT2D eigenvalue weighted by atomic mass is 14.2. The third-order valence-corrected chi connectivity index (χ3v) is 11.6. The zero-order valence-corrected chi connectivity index (χ0v) is 32.3. The fourth-order valence-corrected chi connectivity index (χ4v) is 8.70. The lowest BCUT2D eigenvalue weighted by Crippen LogP contribution is -1.94. The van der Waals surface area contributed by atoms with Gasteiger partial charge in [0, 0.05) is 0 Å². The fourth-order valence-electron chi connectivity index (χ4n) is 8.70. The van der Waals surface area contributed by atoms with E-state index >= 15 is 0 Å². The van der Waals surface area contributed by atoms with E-state index in [0.717, 1.165) is 0 Å². The van der Waals surface area contributed by atoms with E-state index in [1.165, 1.54) is 105 Å². The van der Waals surface area contributed by atoms with E-state index in [1.54, 1.807) is 0 Å². The summed E-state index contributed by atoms with van der Waals surface area (Å²) < 4.78 is 0. The van der Waals surface area contributed by atoms with Crippen molar-refractivity contribution in [2.75, 3.05) is 0 Å². The monoisotopic (exact) mass is 726 g/mol. The van der Waals surface area contributed by atoms with Crippen LogP contribution in [0, 0.1) is 0 Å². The molecule has 0 saturated carbocycles. The van der Waals surface area contributed by atoms with Gasteiger partial charge in [0.25, 0.3) is 0 Å². The summed E-state index contributed by atoms with van der Waals surface area (Å²) in [5.41, 5.74) is 16.1. The van der Waals surface area contributed by atoms with Crippen LogP contribution in [0.3, 0.4) is 0 Å². The zero-order chi connectivity index (χ0) is 38.3. The molecule has 57 heavy (non-hydrogen) atoms. The van der Waals surface area contributed by atoms with Crippen LogP contribution in [0.5, 0.6) is 0 Å². The SMILES string of the molecule is CC(C)c1cccc(-c2c3ccccc3c(-c3ccc(-c4ccc5ccccc5c4)c(-c4ccc(-c5cccc(-c6ccccc6)c5)cc4)c3)c3ccccc23)c1. The van der Waals surface area contributed by atoms with Gasteiger partial charge in [-0.3, -0.25) is 0 Å². The molecule has 0 saturated heterocycles. The van der Waals surface area contributed by atoms with Gasteiger partial charge in [-0.15, -0.1) is 0 Å². The smallest absolute Gasteiger partial charge is 0.00261 e. The molecule has 0 spiro atoms. The molecule has 0 heteroatoms. The Balaban J connectivity index is 1.17. The van der Waals surface area contributed by atoms with Crippen molar-refractivity contribution < 1.29 is 0 Å². The van der Waals surface area contributed by atoms with Crippen LogP contribution in [-0.2, 0) is 0 Å². The van der Waals surface area contributed by atoms with E-state index in [1.807, 2.05) is 0 Å². The molecule has 0 aliphatic heterocycles. The molecule has 0 unspecified atom stereocenters. The van der Waals surface area contributed by atoms with Crippen LogP contribution >= 0.6 is 0 Å². The predicted octanol–water partition coefficient (Wildman–Crippen LogP) is 16.3. The Bertz CT molecular complexity index is 3020. The van der Waals surface area contributed by atoms with Crippen LogP contribution in [0.4, 0.5) is 0 Å². The Hall–Kier alpha value is -7.02. The molecule has 270 valence electrons. The molecule has 0 atom stereocenters. The summed E-state index contributed by atoms with van der Waals surface area (Å²) in [6.45, 7) is 4.54. The highest BCUT2D eigenvalue weighted by molar-refractivity contribution is 6.21. The van der Waals surface area contributed by atoms with E-state index in [0.29, 0.717) is 5.92 Å². The Kier molecular flexibility index (Phi) is 8.81. The molecule has 10 aromatic rings. The van der Waals surface area contributed by atoms with Gasteiger partial charge in [-0.2, -0.15) is 0 Å². The minimum absolute atomic E-state index is 0.454. The molecule has 0 aliphatic rings. The summed E-state index contributed by atoms with van der Waals surface area (Å²) in [5, 5.41) is 7.56. The van der Waals surface area contributed by atoms with Crippen molar-refractivity contribution in [1.82, 2.24) is 0 Å². The van der Waals surface area contributed by atoms with Crippen LogP contribution in [0.25, 0.3) is 99.1 Å². The molecule has 0 fully saturated rings. The van der Waals surface area contributed by atoms with E-state index in [-0.39, 0.29) is 0 Å². The van der Waals surface area contributed by atoms with Gasteiger partial charge >= 0.3 is 0 Å². The van der Waals surface area contributed by atoms with Gasteiger partial charge in [0.05, 0.1) is 0 Å². The van der Waals surface area contributed by atoms with Gasteiger partial charge in [0.2, 0.25) is 0 Å². The lowest BCUT2D eigenvalue weighted by molar-refractivity contribution is 0.867. The first-order chi connectivity index (χ1) is 28.1. The Morgan fingerprint density at radius 3 is 1.39 bits per heavy atom. The van der Waals surface area contributed by atoms with E-state index in [9.17, 15) is 0 Å². The maximum atomic E-state index is 2.43. The Labute approximate surface area is 335 Å². The van der Waals surface area contributed by atoms with Gasteiger partial charge in [-0.05, 0) is 129 Å². The maximum absolute atomic E-state index is 2.43. The standard InChI is InChI=1S/C57H42/c1-38(2)43-18-12-21-48(34-43)56-51-22-8-10-24-53(51)57(54-25-11-9-23-52(54)56)49-32-33-50(47-31-28-40-16-6-7-17-44(40)36-47)55(37-49)42-29-26-41(27-30-42)46-20-13-19-45(35-46)39-14-4-3-5-15-39/h3-38H,1-2H3. The molecule has 0 N–H and O–H groups in total. The normalized spacial score (nSPS) is 11.5. The molecular formula is C57H42. The Morgan fingerprint density at radius 2 is 0.737 bits per heavy atom. The molecule has 0 heterocycles. The van der Waals surface area contributed by atoms with Gasteiger partial charge in [-0.1, -0.05) is 208 Å². The average Bonchev–Trinajstić information content (AvgIpc) is 3.28. The first-order valence-electron chi connectivity index (χ1n) is 20.0. The minimum Gasteiger partial charge on any atom is -0.0622 e. The van der Waals surface area contributed by atoms with E-state index < -0.39 is 0 Å². The minimum atomic E-state index is 0.454. The van der Waals surface area contributed by atoms with Gasteiger partial charge < -0.3 is 0 Å². The lowest BCUT2D eigenvalue weighted by Gasteiger charge is -2.20. The Morgan fingerprint density at radius 1 is 0.263 bits per heavy atom. The quantitative estimate of drug-likeness (QED) is 0.143. The molecule has 0 bridgehead atoms. The summed E-state index contributed by atoms with van der Waals surface area (Å²) in [6.07, 6.45) is 0. The number of fused-ring (bicyclic) bond motifs is 3. The number of hydrogen-bond donors (Lipinski definition) is 0. The molecule has 0 nitrogen and oxygen atoms in total. The second-order valence-electron chi connectivity index (χ2n) is 15.5. The van der Waals surface area contributed by atoms with Crippen molar-refractivity contribution in [1.29, 1.82) is 0 Å². The summed E-state index contributed by atoms with van der Waals surface area (Å²) >= 11 is 0. The summed E-state index contributed by atoms with van der Waals surface area (Å²) in [5.74, 6) is 0.454. The maximum Gasteiger partial charge on any atom is -0.00261 e.